The predicted octanol–water partition coefficient (Wildman–Crippen LogP) is 4.44. The van der Waals surface area contributed by atoms with Crippen LogP contribution in [0.3, 0.4) is 0 Å². The second kappa shape index (κ2) is 7.02. The second-order valence-electron chi connectivity index (χ2n) is 6.71. The molecule has 1 aromatic carbocycles. The predicted molar refractivity (Wildman–Crippen MR) is 89.0 cm³/mol. The Hall–Kier alpha value is -1.89. The fourth-order valence-corrected chi connectivity index (χ4v) is 4.91. The first-order valence-corrected chi connectivity index (χ1v) is 9.13. The molecule has 3 rings (SSSR count). The van der Waals surface area contributed by atoms with Crippen LogP contribution in [0.4, 0.5) is 17.6 Å². The van der Waals surface area contributed by atoms with Crippen LogP contribution < -0.4 is 5.11 Å². The number of hydrogen-bond donors (Lipinski definition) is 0. The third kappa shape index (κ3) is 2.92. The molecule has 0 amide bonds. The summed E-state index contributed by atoms with van der Waals surface area (Å²) in [5, 5.41) is 12.8. The Balaban J connectivity index is 2.25. The van der Waals surface area contributed by atoms with Crippen LogP contribution in [0, 0.1) is 5.92 Å². The molecule has 1 fully saturated rings. The normalized spacial score (nSPS) is 29.1. The van der Waals surface area contributed by atoms with Gasteiger partial charge in [0.05, 0.1) is 11.4 Å². The van der Waals surface area contributed by atoms with Gasteiger partial charge in [0.1, 0.15) is 12.3 Å². The highest BCUT2D eigenvalue weighted by atomic mass is 32.1. The van der Waals surface area contributed by atoms with Crippen molar-refractivity contribution in [3.63, 3.8) is 0 Å². The average Bonchev–Trinajstić information content (AvgIpc) is 3.11. The Kier molecular flexibility index (Phi) is 5.10. The zero-order valence-corrected chi connectivity index (χ0v) is 14.7. The number of carboxylic acids is 1. The van der Waals surface area contributed by atoms with Gasteiger partial charge < -0.3 is 9.90 Å². The summed E-state index contributed by atoms with van der Waals surface area (Å²) < 4.78 is 56.2. The maximum absolute atomic E-state index is 15.4. The van der Waals surface area contributed by atoms with Gasteiger partial charge >= 0.3 is 0 Å². The topological polar surface area (TPSA) is 40.1 Å². The van der Waals surface area contributed by atoms with Crippen molar-refractivity contribution in [3.8, 4) is 0 Å². The summed E-state index contributed by atoms with van der Waals surface area (Å²) in [7, 11) is 0. The van der Waals surface area contributed by atoms with Crippen molar-refractivity contribution in [2.24, 2.45) is 5.92 Å². The molecule has 0 saturated heterocycles. The molecule has 2 aromatic rings. The van der Waals surface area contributed by atoms with Crippen molar-refractivity contribution < 1.29 is 27.5 Å². The van der Waals surface area contributed by atoms with E-state index in [1.165, 1.54) is 29.6 Å². The smallest absolute Gasteiger partial charge is 0.264 e. The molecule has 1 aromatic heterocycles. The molecule has 0 bridgehead atoms. The van der Waals surface area contributed by atoms with Crippen molar-refractivity contribution in [2.75, 3.05) is 0 Å². The monoisotopic (exact) mass is 385 g/mol. The standard InChI is InChI=1S/C19H18F4O2S/c1-10-6-7-19(16(21)15(10)20,14-8-11(9-26-14)17(22)23)13-5-3-2-4-12(13)18(24)25/h2-5,8-10,15-17H,6-7H2,1H3,(H,24,25)/p-1. The number of benzene rings is 1. The summed E-state index contributed by atoms with van der Waals surface area (Å²) in [4.78, 5) is 11.8. The highest BCUT2D eigenvalue weighted by Crippen LogP contribution is 2.52. The molecular weight excluding hydrogens is 368 g/mol. The summed E-state index contributed by atoms with van der Waals surface area (Å²) in [5.41, 5.74) is -2.08. The number of halogens is 4. The van der Waals surface area contributed by atoms with E-state index in [4.69, 9.17) is 0 Å². The molecule has 0 N–H and O–H groups in total. The first-order chi connectivity index (χ1) is 12.3. The maximum atomic E-state index is 15.4. The Bertz CT molecular complexity index is 806. The molecule has 1 aliphatic rings. The zero-order chi connectivity index (χ0) is 19.1. The van der Waals surface area contributed by atoms with Crippen molar-refractivity contribution in [1.29, 1.82) is 0 Å². The van der Waals surface area contributed by atoms with Crippen molar-refractivity contribution in [3.05, 3.63) is 57.3 Å². The van der Waals surface area contributed by atoms with E-state index in [9.17, 15) is 23.1 Å². The number of carbonyl (C=O) groups is 1. The van der Waals surface area contributed by atoms with Crippen molar-refractivity contribution in [2.45, 2.75) is 43.9 Å². The molecule has 0 aliphatic heterocycles. The Morgan fingerprint density at radius 1 is 1.31 bits per heavy atom. The van der Waals surface area contributed by atoms with Crippen LogP contribution >= 0.6 is 11.3 Å². The van der Waals surface area contributed by atoms with E-state index < -0.39 is 36.1 Å². The van der Waals surface area contributed by atoms with Crippen molar-refractivity contribution >= 4 is 17.3 Å². The van der Waals surface area contributed by atoms with Gasteiger partial charge in [-0.3, -0.25) is 0 Å². The van der Waals surface area contributed by atoms with Gasteiger partial charge in [-0.1, -0.05) is 31.2 Å². The number of thiophene rings is 1. The van der Waals surface area contributed by atoms with E-state index in [0.29, 0.717) is 6.42 Å². The molecule has 1 heterocycles. The van der Waals surface area contributed by atoms with Crippen LogP contribution in [-0.2, 0) is 5.41 Å². The molecule has 4 atom stereocenters. The van der Waals surface area contributed by atoms with E-state index in [1.54, 1.807) is 6.92 Å². The third-order valence-corrected chi connectivity index (χ3v) is 6.35. The van der Waals surface area contributed by atoms with Crippen molar-refractivity contribution in [1.82, 2.24) is 0 Å². The van der Waals surface area contributed by atoms with Crippen LogP contribution in [0.1, 0.15) is 52.6 Å². The van der Waals surface area contributed by atoms with Gasteiger partial charge in [0.15, 0.2) is 0 Å². The molecule has 26 heavy (non-hydrogen) atoms. The molecule has 4 unspecified atom stereocenters. The lowest BCUT2D eigenvalue weighted by Gasteiger charge is -2.45. The molecular formula is C19H17F4O2S-. The zero-order valence-electron chi connectivity index (χ0n) is 13.9. The van der Waals surface area contributed by atoms with Gasteiger partial charge in [-0.05, 0) is 35.8 Å². The lowest BCUT2D eigenvalue weighted by molar-refractivity contribution is -0.255. The van der Waals surface area contributed by atoms with E-state index in [1.807, 2.05) is 0 Å². The quantitative estimate of drug-likeness (QED) is 0.730. The molecule has 7 heteroatoms. The van der Waals surface area contributed by atoms with Gasteiger partial charge in [0.2, 0.25) is 0 Å². The largest absolute Gasteiger partial charge is 0.545 e. The molecule has 0 spiro atoms. The Morgan fingerprint density at radius 2 is 2.00 bits per heavy atom. The molecule has 0 radical (unpaired) electrons. The van der Waals surface area contributed by atoms with Crippen LogP contribution in [0.25, 0.3) is 0 Å². The third-order valence-electron chi connectivity index (χ3n) is 5.23. The lowest BCUT2D eigenvalue weighted by atomic mass is 9.63. The first-order valence-electron chi connectivity index (χ1n) is 8.25. The Labute approximate surface area is 152 Å². The highest BCUT2D eigenvalue weighted by molar-refractivity contribution is 7.10. The minimum absolute atomic E-state index is 0.0738. The summed E-state index contributed by atoms with van der Waals surface area (Å²) in [6.07, 6.45) is -6.17. The number of carbonyl (C=O) groups excluding carboxylic acids is 1. The van der Waals surface area contributed by atoms with E-state index in [-0.39, 0.29) is 28.0 Å². The van der Waals surface area contributed by atoms with Gasteiger partial charge in [-0.25, -0.2) is 17.6 Å². The summed E-state index contributed by atoms with van der Waals surface area (Å²) in [5.74, 6) is -2.05. The summed E-state index contributed by atoms with van der Waals surface area (Å²) in [6.45, 7) is 1.59. The summed E-state index contributed by atoms with van der Waals surface area (Å²) in [6, 6.07) is 6.85. The van der Waals surface area contributed by atoms with E-state index >= 15 is 4.39 Å². The number of alkyl halides is 4. The van der Waals surface area contributed by atoms with Crippen LogP contribution in [-0.4, -0.2) is 18.3 Å². The summed E-state index contributed by atoms with van der Waals surface area (Å²) >= 11 is 0.906. The molecule has 2 nitrogen and oxygen atoms in total. The van der Waals surface area contributed by atoms with Gasteiger partial charge in [0.25, 0.3) is 6.43 Å². The number of aromatic carboxylic acids is 1. The lowest BCUT2D eigenvalue weighted by Crippen LogP contribution is -2.50. The van der Waals surface area contributed by atoms with Gasteiger partial charge in [-0.2, -0.15) is 0 Å². The maximum Gasteiger partial charge on any atom is 0.264 e. The number of rotatable bonds is 4. The van der Waals surface area contributed by atoms with Crippen LogP contribution in [0.15, 0.2) is 35.7 Å². The van der Waals surface area contributed by atoms with Crippen LogP contribution in [0.2, 0.25) is 0 Å². The molecule has 140 valence electrons. The minimum Gasteiger partial charge on any atom is -0.545 e. The SMILES string of the molecule is CC1CCC(c2cc(C(F)F)cs2)(c2ccccc2C(=O)[O-])C(F)C1F. The van der Waals surface area contributed by atoms with Gasteiger partial charge in [-0.15, -0.1) is 11.3 Å². The number of hydrogen-bond acceptors (Lipinski definition) is 3. The number of carboxylic acid groups (broad SMARTS) is 1. The van der Waals surface area contributed by atoms with E-state index in [2.05, 4.69) is 0 Å². The van der Waals surface area contributed by atoms with Crippen LogP contribution in [0.5, 0.6) is 0 Å². The highest BCUT2D eigenvalue weighted by Gasteiger charge is 2.53. The first kappa shape index (κ1) is 18.9. The fourth-order valence-electron chi connectivity index (χ4n) is 3.74. The second-order valence-corrected chi connectivity index (χ2v) is 7.62. The fraction of sp³-hybridized carbons (Fsp3) is 0.421. The molecule has 1 aliphatic carbocycles. The Morgan fingerprint density at radius 3 is 2.62 bits per heavy atom. The van der Waals surface area contributed by atoms with Gasteiger partial charge in [0, 0.05) is 16.0 Å². The average molecular weight is 385 g/mol. The van der Waals surface area contributed by atoms with E-state index in [0.717, 1.165) is 17.4 Å². The molecule has 1 saturated carbocycles. The minimum atomic E-state index is -2.74.